The molecule has 4 heteroatoms. The number of hydrogen-bond donors (Lipinski definition) is 2. The van der Waals surface area contributed by atoms with Crippen LogP contribution in [0.2, 0.25) is 0 Å². The van der Waals surface area contributed by atoms with Gasteiger partial charge < -0.3 is 4.89 Å². The van der Waals surface area contributed by atoms with Crippen LogP contribution in [0, 0.1) is 0 Å². The summed E-state index contributed by atoms with van der Waals surface area (Å²) in [4.78, 5) is 10.2. The molecule has 0 saturated heterocycles. The van der Waals surface area contributed by atoms with Gasteiger partial charge in [0, 0.05) is 11.7 Å². The highest BCUT2D eigenvalue weighted by Gasteiger charge is 2.33. The minimum Gasteiger partial charge on any atom is -0.333 e. The lowest BCUT2D eigenvalue weighted by Crippen LogP contribution is -2.24. The van der Waals surface area contributed by atoms with Crippen LogP contribution in [0.5, 0.6) is 0 Å². The fourth-order valence-corrected chi connectivity index (χ4v) is 4.61. The molecule has 2 atom stereocenters. The molecule has 1 aromatic carbocycles. The molecule has 18 heavy (non-hydrogen) atoms. The van der Waals surface area contributed by atoms with Crippen LogP contribution >= 0.6 is 7.52 Å². The molecule has 1 saturated carbocycles. The predicted octanol–water partition coefficient (Wildman–Crippen LogP) is 3.86. The topological polar surface area (TPSA) is 49.3 Å². The van der Waals surface area contributed by atoms with Crippen molar-refractivity contribution in [2.75, 3.05) is 0 Å². The van der Waals surface area contributed by atoms with Crippen molar-refractivity contribution in [3.63, 3.8) is 0 Å². The fourth-order valence-electron chi connectivity index (χ4n) is 2.63. The van der Waals surface area contributed by atoms with Crippen LogP contribution in [0.1, 0.15) is 50.6 Å². The Balaban J connectivity index is 2.01. The molecule has 2 N–H and O–H groups in total. The lowest BCUT2D eigenvalue weighted by atomic mass is 10.0. The van der Waals surface area contributed by atoms with E-state index in [-0.39, 0.29) is 11.7 Å². The Labute approximate surface area is 109 Å². The molecule has 0 radical (unpaired) electrons. The van der Waals surface area contributed by atoms with Crippen molar-refractivity contribution >= 4 is 7.52 Å². The number of hydrogen-bond acceptors (Lipinski definition) is 1. The zero-order valence-electron chi connectivity index (χ0n) is 10.9. The Morgan fingerprint density at radius 3 is 2.44 bits per heavy atom. The van der Waals surface area contributed by atoms with E-state index in [2.05, 4.69) is 5.09 Å². The zero-order valence-corrected chi connectivity index (χ0v) is 11.8. The van der Waals surface area contributed by atoms with Crippen LogP contribution in [0.3, 0.4) is 0 Å². The SMILES string of the molecule is CC(NP(=O)(O)C1CCCCC1)c1ccccc1. The maximum Gasteiger partial charge on any atom is 0.270 e. The van der Waals surface area contributed by atoms with Gasteiger partial charge >= 0.3 is 0 Å². The van der Waals surface area contributed by atoms with Crippen LogP contribution in [-0.4, -0.2) is 10.6 Å². The van der Waals surface area contributed by atoms with Crippen molar-refractivity contribution < 1.29 is 9.46 Å². The van der Waals surface area contributed by atoms with Crippen molar-refractivity contribution in [1.82, 2.24) is 5.09 Å². The summed E-state index contributed by atoms with van der Waals surface area (Å²) in [5, 5.41) is 2.95. The predicted molar refractivity (Wildman–Crippen MR) is 74.7 cm³/mol. The second-order valence-corrected chi connectivity index (χ2v) is 7.41. The Morgan fingerprint density at radius 2 is 1.83 bits per heavy atom. The number of nitrogens with one attached hydrogen (secondary N) is 1. The molecule has 1 aliphatic carbocycles. The second-order valence-electron chi connectivity index (χ2n) is 5.18. The van der Waals surface area contributed by atoms with E-state index in [1.54, 1.807) is 0 Å². The smallest absolute Gasteiger partial charge is 0.270 e. The summed E-state index contributed by atoms with van der Waals surface area (Å²) in [6.45, 7) is 1.95. The highest BCUT2D eigenvalue weighted by atomic mass is 31.2. The third kappa shape index (κ3) is 3.44. The van der Waals surface area contributed by atoms with E-state index >= 15 is 0 Å². The van der Waals surface area contributed by atoms with E-state index < -0.39 is 7.52 Å². The first kappa shape index (κ1) is 13.8. The number of benzene rings is 1. The molecule has 2 rings (SSSR count). The normalized spacial score (nSPS) is 22.3. The van der Waals surface area contributed by atoms with Crippen molar-refractivity contribution in [1.29, 1.82) is 0 Å². The van der Waals surface area contributed by atoms with Crippen molar-refractivity contribution in [2.45, 2.75) is 50.7 Å². The number of rotatable bonds is 4. The van der Waals surface area contributed by atoms with E-state index in [1.165, 1.54) is 6.42 Å². The molecule has 1 aliphatic rings. The summed E-state index contributed by atoms with van der Waals surface area (Å²) < 4.78 is 12.4. The van der Waals surface area contributed by atoms with Crippen molar-refractivity contribution in [2.24, 2.45) is 0 Å². The largest absolute Gasteiger partial charge is 0.333 e. The maximum absolute atomic E-state index is 12.4. The van der Waals surface area contributed by atoms with Gasteiger partial charge in [-0.2, -0.15) is 0 Å². The minimum absolute atomic E-state index is 0.0580. The molecule has 1 aromatic rings. The van der Waals surface area contributed by atoms with Gasteiger partial charge in [0.2, 0.25) is 0 Å². The standard InChI is InChI=1S/C14H22NO2P/c1-12(13-8-4-2-5-9-13)15-18(16,17)14-10-6-3-7-11-14/h2,4-5,8-9,12,14H,3,6-7,10-11H2,1H3,(H2,15,16,17). The minimum atomic E-state index is -3.24. The molecule has 1 fully saturated rings. The van der Waals surface area contributed by atoms with Gasteiger partial charge in [0.1, 0.15) is 0 Å². The maximum atomic E-state index is 12.4. The molecular weight excluding hydrogens is 245 g/mol. The Hall–Kier alpha value is -0.630. The van der Waals surface area contributed by atoms with Crippen molar-refractivity contribution in [3.05, 3.63) is 35.9 Å². The first-order chi connectivity index (χ1) is 8.59. The molecule has 100 valence electrons. The molecule has 0 aromatic heterocycles. The van der Waals surface area contributed by atoms with Gasteiger partial charge in [0.05, 0.1) is 0 Å². The van der Waals surface area contributed by atoms with E-state index in [4.69, 9.17) is 0 Å². The van der Waals surface area contributed by atoms with Crippen LogP contribution < -0.4 is 5.09 Å². The zero-order chi connectivity index (χ0) is 13.0. The van der Waals surface area contributed by atoms with Gasteiger partial charge in [-0.1, -0.05) is 49.6 Å². The quantitative estimate of drug-likeness (QED) is 0.814. The van der Waals surface area contributed by atoms with E-state index in [1.807, 2.05) is 37.3 Å². The molecule has 0 heterocycles. The van der Waals surface area contributed by atoms with E-state index in [9.17, 15) is 9.46 Å². The third-order valence-electron chi connectivity index (χ3n) is 3.75. The van der Waals surface area contributed by atoms with Gasteiger partial charge in [0.15, 0.2) is 0 Å². The highest BCUT2D eigenvalue weighted by molar-refractivity contribution is 7.56. The van der Waals surface area contributed by atoms with Gasteiger partial charge in [-0.15, -0.1) is 0 Å². The highest BCUT2D eigenvalue weighted by Crippen LogP contribution is 2.50. The first-order valence-electron chi connectivity index (χ1n) is 6.75. The molecule has 0 amide bonds. The first-order valence-corrected chi connectivity index (χ1v) is 8.48. The average molecular weight is 267 g/mol. The van der Waals surface area contributed by atoms with Gasteiger partial charge in [-0.25, -0.2) is 5.09 Å². The van der Waals surface area contributed by atoms with Gasteiger partial charge in [-0.3, -0.25) is 4.57 Å². The Bertz CT molecular complexity index is 415. The molecule has 0 spiro atoms. The summed E-state index contributed by atoms with van der Waals surface area (Å²) in [5.74, 6) is 0. The molecule has 3 nitrogen and oxygen atoms in total. The van der Waals surface area contributed by atoms with Crippen LogP contribution in [0.4, 0.5) is 0 Å². The van der Waals surface area contributed by atoms with Crippen LogP contribution in [0.15, 0.2) is 30.3 Å². The Morgan fingerprint density at radius 1 is 1.22 bits per heavy atom. The lowest BCUT2D eigenvalue weighted by molar-refractivity contribution is 0.403. The molecule has 2 unspecified atom stereocenters. The molecule has 0 bridgehead atoms. The van der Waals surface area contributed by atoms with E-state index in [0.29, 0.717) is 0 Å². The lowest BCUT2D eigenvalue weighted by Gasteiger charge is -2.29. The summed E-state index contributed by atoms with van der Waals surface area (Å²) in [5.41, 5.74) is 1.000. The van der Waals surface area contributed by atoms with Crippen LogP contribution in [0.25, 0.3) is 0 Å². The Kier molecular flexibility index (Phi) is 4.60. The monoisotopic (exact) mass is 267 g/mol. The molecule has 0 aliphatic heterocycles. The summed E-state index contributed by atoms with van der Waals surface area (Å²) in [6.07, 6.45) is 5.11. The summed E-state index contributed by atoms with van der Waals surface area (Å²) in [7, 11) is -3.24. The fraction of sp³-hybridized carbons (Fsp3) is 0.571. The van der Waals surface area contributed by atoms with E-state index in [0.717, 1.165) is 31.2 Å². The molecular formula is C14H22NO2P. The van der Waals surface area contributed by atoms with Gasteiger partial charge in [0.25, 0.3) is 7.52 Å². The van der Waals surface area contributed by atoms with Crippen LogP contribution in [-0.2, 0) is 4.57 Å². The summed E-state index contributed by atoms with van der Waals surface area (Å²) in [6, 6.07) is 9.75. The average Bonchev–Trinajstić information content (AvgIpc) is 2.40. The summed E-state index contributed by atoms with van der Waals surface area (Å²) >= 11 is 0. The second kappa shape index (κ2) is 6.01. The third-order valence-corrected chi connectivity index (χ3v) is 6.01. The van der Waals surface area contributed by atoms with Crippen molar-refractivity contribution in [3.8, 4) is 0 Å². The van der Waals surface area contributed by atoms with Gasteiger partial charge in [-0.05, 0) is 25.3 Å².